The fourth-order valence-corrected chi connectivity index (χ4v) is 4.68. The van der Waals surface area contributed by atoms with Gasteiger partial charge in [-0.3, -0.25) is 9.89 Å². The number of aromatic amines is 1. The maximum Gasteiger partial charge on any atom is 0.353 e. The number of hydrogen-bond donors (Lipinski definition) is 3. The van der Waals surface area contributed by atoms with E-state index in [9.17, 15) is 19.8 Å². The minimum absolute atomic E-state index is 0.0785. The van der Waals surface area contributed by atoms with E-state index in [1.807, 2.05) is 13.0 Å². The molecule has 1 amide bonds. The number of carboxylic acid groups (broad SMARTS) is 1. The first kappa shape index (κ1) is 16.1. The van der Waals surface area contributed by atoms with E-state index in [0.29, 0.717) is 5.75 Å². The maximum atomic E-state index is 12.2. The van der Waals surface area contributed by atoms with Crippen molar-refractivity contribution in [2.45, 2.75) is 32.4 Å². The highest BCUT2D eigenvalue weighted by Crippen LogP contribution is 2.50. The van der Waals surface area contributed by atoms with Crippen molar-refractivity contribution in [3.05, 3.63) is 28.6 Å². The Bertz CT molecular complexity index is 656. The molecule has 2 aliphatic heterocycles. The second-order valence-electron chi connectivity index (χ2n) is 5.95. The molecule has 0 spiro atoms. The zero-order chi connectivity index (χ0) is 16.7. The van der Waals surface area contributed by atoms with Gasteiger partial charge < -0.3 is 15.1 Å². The lowest BCUT2D eigenvalue weighted by Gasteiger charge is -2.46. The van der Waals surface area contributed by atoms with Gasteiger partial charge in [-0.25, -0.2) is 4.79 Å². The van der Waals surface area contributed by atoms with Crippen LogP contribution in [0.5, 0.6) is 0 Å². The number of β-lactam (4-membered cyclic amide) rings is 1. The van der Waals surface area contributed by atoms with Crippen molar-refractivity contribution < 1.29 is 19.8 Å². The van der Waals surface area contributed by atoms with Crippen LogP contribution in [-0.2, 0) is 16.0 Å². The number of aliphatic hydroxyl groups excluding tert-OH is 1. The van der Waals surface area contributed by atoms with Crippen LogP contribution in [0.1, 0.15) is 19.5 Å². The lowest BCUT2D eigenvalue weighted by Crippen LogP contribution is -2.63. The molecule has 0 aromatic carbocycles. The van der Waals surface area contributed by atoms with Crippen molar-refractivity contribution in [3.63, 3.8) is 0 Å². The molecule has 0 bridgehead atoms. The minimum atomic E-state index is -1.08. The fraction of sp³-hybridized carbons (Fsp3) is 0.533. The molecule has 0 radical (unpaired) electrons. The molecule has 1 fully saturated rings. The van der Waals surface area contributed by atoms with Crippen molar-refractivity contribution in [1.29, 1.82) is 0 Å². The highest BCUT2D eigenvalue weighted by atomic mass is 32.2. The van der Waals surface area contributed by atoms with Crippen molar-refractivity contribution >= 4 is 23.6 Å². The number of rotatable bonds is 6. The van der Waals surface area contributed by atoms with Crippen LogP contribution in [0.4, 0.5) is 0 Å². The molecule has 3 N–H and O–H groups in total. The zero-order valence-corrected chi connectivity index (χ0v) is 13.7. The number of aliphatic hydroxyl groups is 1. The number of thioether (sulfide) groups is 1. The Morgan fingerprint density at radius 1 is 1.57 bits per heavy atom. The highest BCUT2D eigenvalue weighted by molar-refractivity contribution is 8.03. The Morgan fingerprint density at radius 2 is 2.30 bits per heavy atom. The average molecular weight is 337 g/mol. The van der Waals surface area contributed by atoms with Gasteiger partial charge >= 0.3 is 5.97 Å². The Labute approximate surface area is 137 Å². The Balaban J connectivity index is 1.77. The molecule has 23 heavy (non-hydrogen) atoms. The summed E-state index contributed by atoms with van der Waals surface area (Å²) >= 11 is 1.47. The van der Waals surface area contributed by atoms with E-state index in [1.54, 1.807) is 13.1 Å². The summed E-state index contributed by atoms with van der Waals surface area (Å²) in [6, 6.07) is 1.63. The third-order valence-corrected chi connectivity index (χ3v) is 5.78. The summed E-state index contributed by atoms with van der Waals surface area (Å²) in [5, 5.41) is 26.1. The van der Waals surface area contributed by atoms with E-state index < -0.39 is 18.0 Å². The van der Waals surface area contributed by atoms with E-state index in [0.717, 1.165) is 17.0 Å². The summed E-state index contributed by atoms with van der Waals surface area (Å²) in [7, 11) is 0. The Kier molecular flexibility index (Phi) is 4.20. The number of aliphatic carboxylic acids is 1. The van der Waals surface area contributed by atoms with Crippen LogP contribution in [-0.4, -0.2) is 55.1 Å². The fourth-order valence-electron chi connectivity index (χ4n) is 3.41. The zero-order valence-electron chi connectivity index (χ0n) is 12.9. The largest absolute Gasteiger partial charge is 0.477 e. The number of amides is 1. The number of nitrogens with zero attached hydrogens (tertiary/aromatic N) is 2. The van der Waals surface area contributed by atoms with Gasteiger partial charge in [-0.05, 0) is 19.4 Å². The number of aryl methyl sites for hydroxylation is 1. The van der Waals surface area contributed by atoms with E-state index in [4.69, 9.17) is 0 Å². The molecule has 1 saturated heterocycles. The molecule has 0 saturated carbocycles. The van der Waals surface area contributed by atoms with Gasteiger partial charge in [0.1, 0.15) is 5.70 Å². The van der Waals surface area contributed by atoms with Crippen molar-refractivity contribution in [2.75, 3.05) is 5.75 Å². The second kappa shape index (κ2) is 6.01. The van der Waals surface area contributed by atoms with Crippen molar-refractivity contribution in [2.24, 2.45) is 11.8 Å². The molecule has 7 nitrogen and oxygen atoms in total. The first-order valence-electron chi connectivity index (χ1n) is 7.53. The predicted molar refractivity (Wildman–Crippen MR) is 84.4 cm³/mol. The molecular formula is C15H19N3O4S. The van der Waals surface area contributed by atoms with Crippen molar-refractivity contribution in [3.8, 4) is 0 Å². The van der Waals surface area contributed by atoms with Gasteiger partial charge in [0.25, 0.3) is 0 Å². The van der Waals surface area contributed by atoms with Gasteiger partial charge in [-0.1, -0.05) is 6.92 Å². The molecule has 2 aliphatic rings. The van der Waals surface area contributed by atoms with Crippen LogP contribution < -0.4 is 0 Å². The lowest BCUT2D eigenvalue weighted by molar-refractivity contribution is -0.163. The van der Waals surface area contributed by atoms with Crippen LogP contribution in [0, 0.1) is 11.8 Å². The molecule has 0 aliphatic carbocycles. The number of hydrogen-bond acceptors (Lipinski definition) is 5. The Morgan fingerprint density at radius 3 is 2.87 bits per heavy atom. The van der Waals surface area contributed by atoms with Crippen LogP contribution in [0.2, 0.25) is 0 Å². The number of carboxylic acids is 1. The predicted octanol–water partition coefficient (Wildman–Crippen LogP) is 0.839. The van der Waals surface area contributed by atoms with Crippen LogP contribution >= 0.6 is 11.8 Å². The summed E-state index contributed by atoms with van der Waals surface area (Å²) in [6.07, 6.45) is 1.65. The lowest BCUT2D eigenvalue weighted by atomic mass is 9.79. The van der Waals surface area contributed by atoms with Crippen LogP contribution in [0.25, 0.3) is 0 Å². The molecule has 3 rings (SSSR count). The minimum Gasteiger partial charge on any atom is -0.477 e. The van der Waals surface area contributed by atoms with E-state index in [-0.39, 0.29) is 23.6 Å². The van der Waals surface area contributed by atoms with E-state index in [1.165, 1.54) is 16.7 Å². The maximum absolute atomic E-state index is 12.2. The molecule has 3 heterocycles. The van der Waals surface area contributed by atoms with Crippen LogP contribution in [0.15, 0.2) is 22.9 Å². The summed E-state index contributed by atoms with van der Waals surface area (Å²) in [5.74, 6) is -1.26. The third kappa shape index (κ3) is 2.55. The first-order valence-corrected chi connectivity index (χ1v) is 8.51. The summed E-state index contributed by atoms with van der Waals surface area (Å²) in [6.45, 7) is 3.50. The number of carbonyl (C=O) groups excluding carboxylic acids is 1. The average Bonchev–Trinajstić information content (AvgIpc) is 3.05. The number of nitrogens with one attached hydrogen (secondary N) is 1. The number of aromatic nitrogens is 2. The van der Waals surface area contributed by atoms with Gasteiger partial charge in [0.05, 0.1) is 18.1 Å². The molecule has 1 aromatic heterocycles. The first-order chi connectivity index (χ1) is 10.9. The second-order valence-corrected chi connectivity index (χ2v) is 7.09. The van der Waals surface area contributed by atoms with Gasteiger partial charge in [-0.15, -0.1) is 11.8 Å². The van der Waals surface area contributed by atoms with E-state index in [2.05, 4.69) is 10.2 Å². The highest BCUT2D eigenvalue weighted by Gasteiger charge is 2.59. The van der Waals surface area contributed by atoms with Gasteiger partial charge in [-0.2, -0.15) is 5.10 Å². The standard InChI is InChI=1S/C15H19N3O4S/c1-7-11-10(8(2)19)14(20)18(11)12(15(21)22)13(7)23-6-4-9-3-5-16-17-9/h3,5,7-8,10-11,19H,4,6H2,1-2H3,(H,16,17)(H,21,22)/t7-,8-,10+,11+/m1/s1. The molecule has 8 heteroatoms. The van der Waals surface area contributed by atoms with Gasteiger partial charge in [0, 0.05) is 28.5 Å². The molecule has 4 atom stereocenters. The third-order valence-electron chi connectivity index (χ3n) is 4.50. The Hall–Kier alpha value is -1.80. The molecule has 124 valence electrons. The summed E-state index contributed by atoms with van der Waals surface area (Å²) in [5.41, 5.74) is 1.07. The molecule has 0 unspecified atom stereocenters. The summed E-state index contributed by atoms with van der Waals surface area (Å²) < 4.78 is 0. The summed E-state index contributed by atoms with van der Waals surface area (Å²) in [4.78, 5) is 25.9. The molecular weight excluding hydrogens is 318 g/mol. The normalized spacial score (nSPS) is 27.9. The quantitative estimate of drug-likeness (QED) is 0.664. The van der Waals surface area contributed by atoms with E-state index >= 15 is 0 Å². The monoisotopic (exact) mass is 337 g/mol. The topological polar surface area (TPSA) is 107 Å². The van der Waals surface area contributed by atoms with Crippen LogP contribution in [0.3, 0.4) is 0 Å². The molecule has 1 aromatic rings. The SMILES string of the molecule is C[C@@H](O)[C@@H]1C(=O)N2C(C(=O)O)=C(SCCc3ccn[nH]3)[C@H](C)[C@@H]12. The smallest absolute Gasteiger partial charge is 0.353 e. The van der Waals surface area contributed by atoms with Gasteiger partial charge in [0.15, 0.2) is 0 Å². The van der Waals surface area contributed by atoms with Crippen molar-refractivity contribution in [1.82, 2.24) is 15.1 Å². The van der Waals surface area contributed by atoms with Gasteiger partial charge in [0.2, 0.25) is 5.91 Å². The number of H-pyrrole nitrogens is 1. The number of fused-ring (bicyclic) bond motifs is 1. The number of carbonyl (C=O) groups is 2.